The van der Waals surface area contributed by atoms with Crippen LogP contribution in [0.15, 0.2) is 37.1 Å². The number of benzene rings is 2. The molecule has 0 radical (unpaired) electrons. The molecule has 3 aliphatic heterocycles. The van der Waals surface area contributed by atoms with E-state index in [1.54, 1.807) is 11.1 Å². The van der Waals surface area contributed by atoms with Crippen LogP contribution in [0.1, 0.15) is 62.0 Å². The summed E-state index contributed by atoms with van der Waals surface area (Å²) in [6.07, 6.45) is 1.93. The highest BCUT2D eigenvalue weighted by Crippen LogP contribution is 2.53. The van der Waals surface area contributed by atoms with E-state index in [9.17, 15) is 27.1 Å². The molecule has 10 nitrogen and oxygen atoms in total. The zero-order chi connectivity index (χ0) is 37.6. The summed E-state index contributed by atoms with van der Waals surface area (Å²) in [5.41, 5.74) is 4.09. The molecule has 0 bridgehead atoms. The molecule has 5 fully saturated rings. The Hall–Kier alpha value is -4.08. The molecule has 2 saturated carbocycles. The van der Waals surface area contributed by atoms with Gasteiger partial charge < -0.3 is 19.5 Å². The number of hydrogen-bond acceptors (Lipinski definition) is 9. The van der Waals surface area contributed by atoms with Crippen molar-refractivity contribution in [2.75, 3.05) is 50.8 Å². The van der Waals surface area contributed by atoms with E-state index in [4.69, 9.17) is 19.4 Å². The molecule has 5 aliphatic rings. The molecule has 1 unspecified atom stereocenters. The maximum Gasteiger partial charge on any atom is 0.422 e. The maximum atomic E-state index is 14.0. The first-order valence-electron chi connectivity index (χ1n) is 18.9. The summed E-state index contributed by atoms with van der Waals surface area (Å²) in [6, 6.07) is 5.85. The van der Waals surface area contributed by atoms with Crippen molar-refractivity contribution in [3.63, 3.8) is 0 Å². The van der Waals surface area contributed by atoms with Gasteiger partial charge in [-0.3, -0.25) is 14.9 Å². The van der Waals surface area contributed by atoms with E-state index >= 15 is 0 Å². The van der Waals surface area contributed by atoms with Gasteiger partial charge in [-0.05, 0) is 78.8 Å². The zero-order valence-electron chi connectivity index (χ0n) is 30.1. The van der Waals surface area contributed by atoms with Crippen molar-refractivity contribution in [3.05, 3.63) is 48.2 Å². The Kier molecular flexibility index (Phi) is 8.58. The maximum absolute atomic E-state index is 14.0. The second-order valence-electron chi connectivity index (χ2n) is 16.1. The number of H-pyrrole nitrogens is 1. The Balaban J connectivity index is 1.14. The van der Waals surface area contributed by atoms with Gasteiger partial charge in [-0.2, -0.15) is 28.2 Å². The third-order valence-corrected chi connectivity index (χ3v) is 12.3. The van der Waals surface area contributed by atoms with Crippen molar-refractivity contribution in [2.24, 2.45) is 5.41 Å². The van der Waals surface area contributed by atoms with Gasteiger partial charge >= 0.3 is 12.2 Å². The van der Waals surface area contributed by atoms with Gasteiger partial charge in [-0.1, -0.05) is 12.6 Å². The summed E-state index contributed by atoms with van der Waals surface area (Å²) in [6.45, 7) is 6.98. The zero-order valence-corrected chi connectivity index (χ0v) is 30.1. The number of hydrogen-bond donors (Lipinski definition) is 2. The van der Waals surface area contributed by atoms with Gasteiger partial charge in [0, 0.05) is 74.4 Å². The van der Waals surface area contributed by atoms with Crippen molar-refractivity contribution < 1.29 is 36.5 Å². The molecule has 2 aliphatic carbocycles. The predicted molar refractivity (Wildman–Crippen MR) is 193 cm³/mol. The van der Waals surface area contributed by atoms with Gasteiger partial charge in [0.25, 0.3) is 5.92 Å². The molecule has 2 aromatic heterocycles. The van der Waals surface area contributed by atoms with E-state index in [0.717, 1.165) is 66.4 Å². The van der Waals surface area contributed by atoms with Gasteiger partial charge in [0.05, 0.1) is 18.3 Å². The highest BCUT2D eigenvalue weighted by atomic mass is 19.4. The number of anilines is 1. The lowest BCUT2D eigenvalue weighted by Gasteiger charge is -2.55. The van der Waals surface area contributed by atoms with Gasteiger partial charge in [0.2, 0.25) is 0 Å². The Bertz CT molecular complexity index is 2080. The van der Waals surface area contributed by atoms with Crippen LogP contribution in [0, 0.1) is 12.3 Å². The molecular weight excluding hydrogens is 709 g/mol. The first-order valence-corrected chi connectivity index (χ1v) is 18.9. The third-order valence-electron chi connectivity index (χ3n) is 12.3. The molecule has 288 valence electrons. The summed E-state index contributed by atoms with van der Waals surface area (Å²) < 4.78 is 82.4. The minimum absolute atomic E-state index is 0.0251. The average molecular weight is 754 g/mol. The molecule has 2 aromatic carbocycles. The van der Waals surface area contributed by atoms with Crippen LogP contribution in [0.2, 0.25) is 0 Å². The van der Waals surface area contributed by atoms with Crippen LogP contribution in [-0.4, -0.2) is 111 Å². The van der Waals surface area contributed by atoms with Crippen LogP contribution in [-0.2, 0) is 0 Å². The number of rotatable bonds is 10. The molecule has 15 heteroatoms. The SMILES string of the molecule is C=CC(O)N1CC2(CCN(c3nc(OC4CC(N5CCC(F)(F)C5)C4)nc4c(OCC(F)(F)F)c(-c5c(C)ccc6[nH]ncc56)c(C5CC5)cc34)CC2)C1. The summed E-state index contributed by atoms with van der Waals surface area (Å²) in [4.78, 5) is 15.8. The molecule has 54 heavy (non-hydrogen) atoms. The molecule has 4 aromatic rings. The van der Waals surface area contributed by atoms with Crippen LogP contribution in [0.5, 0.6) is 11.8 Å². The minimum atomic E-state index is -4.62. The number of aromatic nitrogens is 4. The monoisotopic (exact) mass is 753 g/mol. The number of ether oxygens (including phenoxy) is 2. The first-order chi connectivity index (χ1) is 25.8. The van der Waals surface area contributed by atoms with E-state index in [2.05, 4.69) is 21.7 Å². The van der Waals surface area contributed by atoms with Crippen LogP contribution in [0.4, 0.5) is 27.8 Å². The van der Waals surface area contributed by atoms with Gasteiger partial charge in [0.1, 0.15) is 23.7 Å². The van der Waals surface area contributed by atoms with Crippen molar-refractivity contribution >= 4 is 27.6 Å². The Labute approximate surface area is 309 Å². The lowest BCUT2D eigenvalue weighted by atomic mass is 9.72. The highest BCUT2D eigenvalue weighted by molar-refractivity contribution is 6.06. The van der Waals surface area contributed by atoms with Gasteiger partial charge in [0.15, 0.2) is 12.4 Å². The largest absolute Gasteiger partial charge is 0.481 e. The molecule has 3 saturated heterocycles. The Morgan fingerprint density at radius 3 is 2.46 bits per heavy atom. The normalized spacial score (nSPS) is 24.8. The molecule has 0 amide bonds. The van der Waals surface area contributed by atoms with E-state index in [1.165, 1.54) is 6.08 Å². The average Bonchev–Trinajstić information content (AvgIpc) is 3.73. The van der Waals surface area contributed by atoms with Crippen molar-refractivity contribution in [1.29, 1.82) is 0 Å². The third kappa shape index (κ3) is 6.55. The van der Waals surface area contributed by atoms with Crippen LogP contribution >= 0.6 is 0 Å². The molecule has 2 N–H and O–H groups in total. The smallest absolute Gasteiger partial charge is 0.422 e. The van der Waals surface area contributed by atoms with Gasteiger partial charge in [-0.15, -0.1) is 0 Å². The van der Waals surface area contributed by atoms with E-state index < -0.39 is 24.9 Å². The summed E-state index contributed by atoms with van der Waals surface area (Å²) in [7, 11) is 0. The Morgan fingerprint density at radius 2 is 1.80 bits per heavy atom. The number of piperidine rings is 1. The number of alkyl halides is 5. The molecule has 5 heterocycles. The number of aliphatic hydroxyl groups excluding tert-OH is 1. The number of likely N-dealkylation sites (tertiary alicyclic amines) is 2. The molecule has 1 spiro atoms. The second kappa shape index (κ2) is 13.0. The van der Waals surface area contributed by atoms with E-state index in [1.807, 2.05) is 30.0 Å². The Morgan fingerprint density at radius 1 is 1.04 bits per heavy atom. The summed E-state index contributed by atoms with van der Waals surface area (Å²) in [5.74, 6) is -1.97. The quantitative estimate of drug-likeness (QED) is 0.132. The van der Waals surface area contributed by atoms with Crippen molar-refractivity contribution in [3.8, 4) is 22.9 Å². The first kappa shape index (κ1) is 35.6. The van der Waals surface area contributed by atoms with Crippen LogP contribution in [0.25, 0.3) is 32.9 Å². The number of aliphatic hydroxyl groups is 1. The van der Waals surface area contributed by atoms with Gasteiger partial charge in [-0.25, -0.2) is 8.78 Å². The van der Waals surface area contributed by atoms with Crippen molar-refractivity contribution in [1.82, 2.24) is 30.0 Å². The fraction of sp³-hybridized carbons (Fsp3) is 0.564. The standard InChI is InChI=1S/C39H44F5N7O3/c1-3-30(52)51-18-37(19-51)8-11-49(12-9-37)35-27-16-26(23-5-6-23)32(31-22(2)4-7-29-28(31)17-45-48-29)34(53-21-39(42,43)44)33(27)46-36(47-35)54-25-14-24(15-25)50-13-10-38(40,41)20-50/h3-4,7,16-17,23-25,30,52H,1,5-6,8-15,18-21H2,2H3,(H,45,48). The fourth-order valence-corrected chi connectivity index (χ4v) is 9.06. The second-order valence-corrected chi connectivity index (χ2v) is 16.1. The summed E-state index contributed by atoms with van der Waals surface area (Å²) >= 11 is 0. The molecule has 1 atom stereocenters. The van der Waals surface area contributed by atoms with E-state index in [0.29, 0.717) is 49.2 Å². The number of nitrogens with zero attached hydrogens (tertiary/aromatic N) is 6. The number of fused-ring (bicyclic) bond motifs is 2. The molecule has 9 rings (SSSR count). The predicted octanol–water partition coefficient (Wildman–Crippen LogP) is 6.96. The lowest BCUT2D eigenvalue weighted by molar-refractivity contribution is -0.153. The number of nitrogens with one attached hydrogen (secondary N) is 1. The van der Waals surface area contributed by atoms with Crippen LogP contribution < -0.4 is 14.4 Å². The highest BCUT2D eigenvalue weighted by Gasteiger charge is 2.48. The topological polar surface area (TPSA) is 103 Å². The lowest BCUT2D eigenvalue weighted by Crippen LogP contribution is -2.62. The fourth-order valence-electron chi connectivity index (χ4n) is 9.06. The minimum Gasteiger partial charge on any atom is -0.481 e. The van der Waals surface area contributed by atoms with Crippen LogP contribution in [0.3, 0.4) is 0 Å². The summed E-state index contributed by atoms with van der Waals surface area (Å²) in [5, 5.41) is 18.9. The number of aryl methyl sites for hydroxylation is 1. The van der Waals surface area contributed by atoms with Crippen molar-refractivity contribution in [2.45, 2.75) is 88.3 Å². The molecular formula is C39H44F5N7O3. The number of halogens is 5. The van der Waals surface area contributed by atoms with E-state index in [-0.39, 0.29) is 53.7 Å². The number of aromatic amines is 1.